The van der Waals surface area contributed by atoms with Crippen molar-refractivity contribution < 1.29 is 9.53 Å². The number of amides is 1. The van der Waals surface area contributed by atoms with Crippen molar-refractivity contribution in [3.8, 4) is 0 Å². The lowest BCUT2D eigenvalue weighted by molar-refractivity contribution is -0.113. The molecule has 0 atom stereocenters. The highest BCUT2D eigenvalue weighted by molar-refractivity contribution is 7.99. The maximum atomic E-state index is 12.6. The summed E-state index contributed by atoms with van der Waals surface area (Å²) in [5.74, 6) is 1.13. The number of ether oxygens (including phenoxy) is 1. The largest absolute Gasteiger partial charge is 0.378 e. The molecule has 1 amide bonds. The summed E-state index contributed by atoms with van der Waals surface area (Å²) < 4.78 is 5.45. The summed E-state index contributed by atoms with van der Waals surface area (Å²) in [4.78, 5) is 28.4. The molecule has 0 radical (unpaired) electrons. The number of benzene rings is 2. The molecule has 1 saturated heterocycles. The molecule has 0 spiro atoms. The summed E-state index contributed by atoms with van der Waals surface area (Å²) in [6.45, 7) is 6.66. The van der Waals surface area contributed by atoms with E-state index in [2.05, 4.69) is 30.5 Å². The molecular weight excluding hydrogens is 424 g/mol. The standard InChI is InChI=1S/C23H26N6O2S/c1-16-7-6-8-17(2)20(16)25-19(30)15-32-23-27-21(24-18-9-4-3-5-10-18)26-22(28-23)29-11-13-31-14-12-29/h3-10H,11-15H2,1-2H3,(H,25,30)(H,24,26,27,28). The van der Waals surface area contributed by atoms with Crippen LogP contribution >= 0.6 is 11.8 Å². The van der Waals surface area contributed by atoms with Crippen molar-refractivity contribution in [3.63, 3.8) is 0 Å². The van der Waals surface area contributed by atoms with E-state index in [0.717, 1.165) is 22.5 Å². The van der Waals surface area contributed by atoms with Crippen LogP contribution in [0.1, 0.15) is 11.1 Å². The van der Waals surface area contributed by atoms with Gasteiger partial charge in [0.1, 0.15) is 0 Å². The fourth-order valence-corrected chi connectivity index (χ4v) is 3.97. The van der Waals surface area contributed by atoms with Crippen molar-refractivity contribution in [3.05, 3.63) is 59.7 Å². The number of thioether (sulfide) groups is 1. The second-order valence-electron chi connectivity index (χ2n) is 7.44. The number of rotatable bonds is 7. The molecule has 166 valence electrons. The average Bonchev–Trinajstić information content (AvgIpc) is 2.81. The third kappa shape index (κ3) is 5.74. The van der Waals surface area contributed by atoms with Crippen molar-refractivity contribution >= 4 is 40.9 Å². The average molecular weight is 451 g/mol. The van der Waals surface area contributed by atoms with E-state index in [-0.39, 0.29) is 11.7 Å². The molecule has 3 aromatic rings. The first-order chi connectivity index (χ1) is 15.6. The number of nitrogens with one attached hydrogen (secondary N) is 2. The Morgan fingerprint density at radius 1 is 1.00 bits per heavy atom. The van der Waals surface area contributed by atoms with E-state index in [4.69, 9.17) is 4.74 Å². The third-order valence-electron chi connectivity index (χ3n) is 5.00. The number of aromatic nitrogens is 3. The summed E-state index contributed by atoms with van der Waals surface area (Å²) in [5.41, 5.74) is 3.81. The van der Waals surface area contributed by atoms with E-state index in [1.807, 2.05) is 62.4 Å². The zero-order valence-electron chi connectivity index (χ0n) is 18.2. The maximum absolute atomic E-state index is 12.6. The number of hydrogen-bond donors (Lipinski definition) is 2. The Balaban J connectivity index is 1.50. The predicted molar refractivity (Wildman–Crippen MR) is 128 cm³/mol. The summed E-state index contributed by atoms with van der Waals surface area (Å²) >= 11 is 1.29. The van der Waals surface area contributed by atoms with E-state index in [1.165, 1.54) is 11.8 Å². The summed E-state index contributed by atoms with van der Waals surface area (Å²) in [6.07, 6.45) is 0. The molecule has 2 N–H and O–H groups in total. The van der Waals surface area contributed by atoms with E-state index in [0.29, 0.717) is 43.4 Å². The van der Waals surface area contributed by atoms with E-state index < -0.39 is 0 Å². The van der Waals surface area contributed by atoms with Crippen molar-refractivity contribution in [1.29, 1.82) is 0 Å². The SMILES string of the molecule is Cc1cccc(C)c1NC(=O)CSc1nc(Nc2ccccc2)nc(N2CCOCC2)n1. The van der Waals surface area contributed by atoms with Gasteiger partial charge in [-0.3, -0.25) is 4.79 Å². The number of carbonyl (C=O) groups is 1. The Morgan fingerprint density at radius 3 is 2.44 bits per heavy atom. The molecular formula is C23H26N6O2S. The first kappa shape index (κ1) is 22.0. The van der Waals surface area contributed by atoms with Gasteiger partial charge in [-0.1, -0.05) is 48.2 Å². The fourth-order valence-electron chi connectivity index (χ4n) is 3.34. The second kappa shape index (κ2) is 10.4. The summed E-state index contributed by atoms with van der Waals surface area (Å²) in [6, 6.07) is 15.7. The van der Waals surface area contributed by atoms with Crippen LogP contribution in [0.15, 0.2) is 53.7 Å². The van der Waals surface area contributed by atoms with Gasteiger partial charge in [0.25, 0.3) is 0 Å². The molecule has 9 heteroatoms. The van der Waals surface area contributed by atoms with Crippen LogP contribution in [0, 0.1) is 13.8 Å². The van der Waals surface area contributed by atoms with Gasteiger partial charge in [0.2, 0.25) is 17.8 Å². The molecule has 1 fully saturated rings. The highest BCUT2D eigenvalue weighted by Crippen LogP contribution is 2.23. The van der Waals surface area contributed by atoms with Gasteiger partial charge in [0, 0.05) is 24.5 Å². The van der Waals surface area contributed by atoms with E-state index in [9.17, 15) is 4.79 Å². The van der Waals surface area contributed by atoms with E-state index in [1.54, 1.807) is 0 Å². The van der Waals surface area contributed by atoms with Crippen LogP contribution in [-0.4, -0.2) is 52.9 Å². The molecule has 0 aliphatic carbocycles. The van der Waals surface area contributed by atoms with Crippen LogP contribution in [-0.2, 0) is 9.53 Å². The van der Waals surface area contributed by atoms with Crippen LogP contribution in [0.4, 0.5) is 23.3 Å². The minimum absolute atomic E-state index is 0.0988. The zero-order chi connectivity index (χ0) is 22.3. The van der Waals surface area contributed by atoms with Crippen molar-refractivity contribution in [1.82, 2.24) is 15.0 Å². The Labute approximate surface area is 191 Å². The van der Waals surface area contributed by atoms with Gasteiger partial charge in [0.05, 0.1) is 19.0 Å². The number of anilines is 4. The minimum atomic E-state index is -0.0988. The van der Waals surface area contributed by atoms with Crippen molar-refractivity contribution in [2.45, 2.75) is 19.0 Å². The molecule has 32 heavy (non-hydrogen) atoms. The fraction of sp³-hybridized carbons (Fsp3) is 0.304. The van der Waals surface area contributed by atoms with Gasteiger partial charge in [-0.25, -0.2) is 0 Å². The van der Waals surface area contributed by atoms with E-state index >= 15 is 0 Å². The third-order valence-corrected chi connectivity index (χ3v) is 5.85. The number of morpholine rings is 1. The lowest BCUT2D eigenvalue weighted by Gasteiger charge is -2.27. The van der Waals surface area contributed by atoms with Gasteiger partial charge in [0.15, 0.2) is 5.16 Å². The molecule has 0 unspecified atom stereocenters. The Hall–Kier alpha value is -3.17. The zero-order valence-corrected chi connectivity index (χ0v) is 19.0. The normalized spacial score (nSPS) is 13.6. The van der Waals surface area contributed by atoms with Crippen LogP contribution in [0.3, 0.4) is 0 Å². The molecule has 2 heterocycles. The van der Waals surface area contributed by atoms with Crippen molar-refractivity contribution in [2.24, 2.45) is 0 Å². The molecule has 4 rings (SSSR count). The topological polar surface area (TPSA) is 92.3 Å². The lowest BCUT2D eigenvalue weighted by Crippen LogP contribution is -2.37. The molecule has 8 nitrogen and oxygen atoms in total. The Kier molecular flexibility index (Phi) is 7.18. The van der Waals surface area contributed by atoms with Crippen LogP contribution in [0.25, 0.3) is 0 Å². The smallest absolute Gasteiger partial charge is 0.234 e. The molecule has 0 bridgehead atoms. The summed E-state index contributed by atoms with van der Waals surface area (Å²) in [5, 5.41) is 6.74. The minimum Gasteiger partial charge on any atom is -0.378 e. The highest BCUT2D eigenvalue weighted by atomic mass is 32.2. The van der Waals surface area contributed by atoms with Gasteiger partial charge in [-0.15, -0.1) is 0 Å². The molecule has 0 saturated carbocycles. The lowest BCUT2D eigenvalue weighted by atomic mass is 10.1. The predicted octanol–water partition coefficient (Wildman–Crippen LogP) is 3.80. The highest BCUT2D eigenvalue weighted by Gasteiger charge is 2.18. The van der Waals surface area contributed by atoms with Crippen molar-refractivity contribution in [2.75, 3.05) is 47.6 Å². The van der Waals surface area contributed by atoms with Gasteiger partial charge in [-0.2, -0.15) is 15.0 Å². The first-order valence-electron chi connectivity index (χ1n) is 10.5. The Bertz CT molecular complexity index is 1050. The monoisotopic (exact) mass is 450 g/mol. The number of carbonyl (C=O) groups excluding carboxylic acids is 1. The molecule has 2 aromatic carbocycles. The number of para-hydroxylation sites is 2. The molecule has 1 aliphatic rings. The number of hydrogen-bond acceptors (Lipinski definition) is 8. The van der Waals surface area contributed by atoms with Crippen LogP contribution in [0.2, 0.25) is 0 Å². The maximum Gasteiger partial charge on any atom is 0.234 e. The Morgan fingerprint density at radius 2 is 1.72 bits per heavy atom. The second-order valence-corrected chi connectivity index (χ2v) is 8.38. The molecule has 1 aromatic heterocycles. The van der Waals surface area contributed by atoms with Crippen LogP contribution < -0.4 is 15.5 Å². The number of aryl methyl sites for hydroxylation is 2. The number of nitrogens with zero attached hydrogens (tertiary/aromatic N) is 4. The molecule has 1 aliphatic heterocycles. The van der Waals surface area contributed by atoms with Crippen LogP contribution in [0.5, 0.6) is 0 Å². The quantitative estimate of drug-likeness (QED) is 0.525. The van der Waals surface area contributed by atoms with Gasteiger partial charge in [-0.05, 0) is 37.1 Å². The van der Waals surface area contributed by atoms with Gasteiger partial charge < -0.3 is 20.3 Å². The summed E-state index contributed by atoms with van der Waals surface area (Å²) in [7, 11) is 0. The first-order valence-corrected chi connectivity index (χ1v) is 11.5. The van der Waals surface area contributed by atoms with Gasteiger partial charge >= 0.3 is 0 Å².